The van der Waals surface area contributed by atoms with Gasteiger partial charge in [-0.25, -0.2) is 13.2 Å². The highest BCUT2D eigenvalue weighted by atomic mass is 19.4. The Labute approximate surface area is 86.3 Å². The van der Waals surface area contributed by atoms with Crippen LogP contribution in [0.25, 0.3) is 0 Å². The summed E-state index contributed by atoms with van der Waals surface area (Å²) in [5, 5.41) is 8.82. The molecule has 0 aromatic heterocycles. The van der Waals surface area contributed by atoms with Crippen molar-refractivity contribution in [3.8, 4) is 0 Å². The van der Waals surface area contributed by atoms with E-state index in [-0.39, 0.29) is 6.07 Å². The normalized spacial score (nSPS) is 14.2. The fourth-order valence-electron chi connectivity index (χ4n) is 1.09. The van der Waals surface area contributed by atoms with Crippen molar-refractivity contribution in [3.63, 3.8) is 0 Å². The van der Waals surface area contributed by atoms with Crippen LogP contribution in [0, 0.1) is 5.82 Å². The number of halogens is 6. The van der Waals surface area contributed by atoms with E-state index in [0.29, 0.717) is 12.1 Å². The molecular formula is C9H6F6O. The van der Waals surface area contributed by atoms with Gasteiger partial charge in [0.15, 0.2) is 0 Å². The summed E-state index contributed by atoms with van der Waals surface area (Å²) in [7, 11) is 0. The van der Waals surface area contributed by atoms with Gasteiger partial charge in [0.25, 0.3) is 6.43 Å². The van der Waals surface area contributed by atoms with Crippen LogP contribution in [0.1, 0.15) is 17.2 Å². The Morgan fingerprint density at radius 2 is 1.69 bits per heavy atom. The van der Waals surface area contributed by atoms with E-state index in [2.05, 4.69) is 0 Å². The lowest BCUT2D eigenvalue weighted by atomic mass is 10.1. The summed E-state index contributed by atoms with van der Waals surface area (Å²) in [5.74, 6) is -1.69. The van der Waals surface area contributed by atoms with E-state index in [0.717, 1.165) is 0 Å². The predicted molar refractivity (Wildman–Crippen MR) is 42.4 cm³/mol. The number of aliphatic hydroxyl groups excluding tert-OH is 1. The molecule has 1 aromatic rings. The zero-order chi connectivity index (χ0) is 12.5. The van der Waals surface area contributed by atoms with Gasteiger partial charge in [0.2, 0.25) is 0 Å². The minimum absolute atomic E-state index is 0.250. The molecule has 16 heavy (non-hydrogen) atoms. The van der Waals surface area contributed by atoms with E-state index in [9.17, 15) is 26.3 Å². The minimum Gasteiger partial charge on any atom is -0.382 e. The van der Waals surface area contributed by atoms with Crippen molar-refractivity contribution in [1.82, 2.24) is 0 Å². The van der Waals surface area contributed by atoms with Gasteiger partial charge in [-0.3, -0.25) is 0 Å². The van der Waals surface area contributed by atoms with Gasteiger partial charge in [-0.1, -0.05) is 6.07 Å². The zero-order valence-corrected chi connectivity index (χ0v) is 7.60. The highest BCUT2D eigenvalue weighted by molar-refractivity contribution is 5.28. The molecule has 1 N–H and O–H groups in total. The summed E-state index contributed by atoms with van der Waals surface area (Å²) < 4.78 is 73.1. The molecule has 0 spiro atoms. The Morgan fingerprint density at radius 3 is 2.06 bits per heavy atom. The quantitative estimate of drug-likeness (QED) is 0.792. The maximum Gasteiger partial charge on any atom is 0.419 e. The van der Waals surface area contributed by atoms with Crippen molar-refractivity contribution in [3.05, 3.63) is 35.1 Å². The predicted octanol–water partition coefficient (Wildman–Crippen LogP) is 3.14. The van der Waals surface area contributed by atoms with Crippen LogP contribution in [0.2, 0.25) is 0 Å². The summed E-state index contributed by atoms with van der Waals surface area (Å²) in [5.41, 5.74) is -2.15. The van der Waals surface area contributed by atoms with E-state index in [1.54, 1.807) is 0 Å². The van der Waals surface area contributed by atoms with E-state index >= 15 is 0 Å². The second kappa shape index (κ2) is 4.32. The van der Waals surface area contributed by atoms with Gasteiger partial charge in [-0.05, 0) is 17.7 Å². The van der Waals surface area contributed by atoms with Crippen LogP contribution < -0.4 is 0 Å². The third kappa shape index (κ3) is 2.66. The number of alkyl halides is 5. The van der Waals surface area contributed by atoms with Crippen molar-refractivity contribution >= 4 is 0 Å². The molecule has 90 valence electrons. The van der Waals surface area contributed by atoms with Crippen molar-refractivity contribution in [2.24, 2.45) is 0 Å². The molecule has 1 aromatic carbocycles. The second-order valence-corrected chi connectivity index (χ2v) is 3.02. The monoisotopic (exact) mass is 244 g/mol. The van der Waals surface area contributed by atoms with E-state index < -0.39 is 35.6 Å². The molecule has 1 atom stereocenters. The smallest absolute Gasteiger partial charge is 0.382 e. The lowest BCUT2D eigenvalue weighted by molar-refractivity contribution is -0.140. The van der Waals surface area contributed by atoms with Crippen LogP contribution in [-0.4, -0.2) is 11.5 Å². The molecule has 7 heteroatoms. The molecule has 0 aliphatic rings. The number of hydrogen-bond acceptors (Lipinski definition) is 1. The molecule has 1 rings (SSSR count). The fraction of sp³-hybridized carbons (Fsp3) is 0.333. The average Bonchev–Trinajstić information content (AvgIpc) is 2.14. The first-order valence-electron chi connectivity index (χ1n) is 4.06. The first kappa shape index (κ1) is 12.8. The number of rotatable bonds is 2. The molecule has 0 saturated heterocycles. The van der Waals surface area contributed by atoms with Crippen LogP contribution in [-0.2, 0) is 6.18 Å². The minimum atomic E-state index is -4.89. The lowest BCUT2D eigenvalue weighted by Gasteiger charge is -2.12. The van der Waals surface area contributed by atoms with Gasteiger partial charge in [0.05, 0.1) is 5.56 Å². The summed E-state index contributed by atoms with van der Waals surface area (Å²) in [4.78, 5) is 0. The van der Waals surface area contributed by atoms with Crippen LogP contribution in [0.5, 0.6) is 0 Å². The van der Waals surface area contributed by atoms with Crippen molar-refractivity contribution < 1.29 is 31.4 Å². The van der Waals surface area contributed by atoms with Gasteiger partial charge >= 0.3 is 6.18 Å². The van der Waals surface area contributed by atoms with Crippen LogP contribution >= 0.6 is 0 Å². The number of hydrogen-bond donors (Lipinski definition) is 1. The summed E-state index contributed by atoms with van der Waals surface area (Å²) >= 11 is 0. The molecule has 0 bridgehead atoms. The molecule has 1 unspecified atom stereocenters. The van der Waals surface area contributed by atoms with Gasteiger partial charge < -0.3 is 5.11 Å². The van der Waals surface area contributed by atoms with Crippen molar-refractivity contribution in [2.75, 3.05) is 0 Å². The molecule has 0 saturated carbocycles. The molecular weight excluding hydrogens is 238 g/mol. The first-order valence-corrected chi connectivity index (χ1v) is 4.06. The topological polar surface area (TPSA) is 20.2 Å². The van der Waals surface area contributed by atoms with Gasteiger partial charge in [-0.2, -0.15) is 13.2 Å². The van der Waals surface area contributed by atoms with Crippen LogP contribution in [0.3, 0.4) is 0 Å². The van der Waals surface area contributed by atoms with Crippen molar-refractivity contribution in [1.29, 1.82) is 0 Å². The SMILES string of the molecule is OC(c1ccc(C(F)(F)F)c(F)c1)C(F)F. The Hall–Kier alpha value is -1.24. The maximum atomic E-state index is 12.9. The largest absolute Gasteiger partial charge is 0.419 e. The Morgan fingerprint density at radius 1 is 1.12 bits per heavy atom. The number of benzene rings is 1. The van der Waals surface area contributed by atoms with E-state index in [1.807, 2.05) is 0 Å². The molecule has 0 heterocycles. The van der Waals surface area contributed by atoms with Crippen molar-refractivity contribution in [2.45, 2.75) is 18.7 Å². The zero-order valence-electron chi connectivity index (χ0n) is 7.60. The molecule has 0 radical (unpaired) electrons. The Bertz CT molecular complexity index is 373. The highest BCUT2D eigenvalue weighted by Gasteiger charge is 2.34. The standard InChI is InChI=1S/C9H6F6O/c10-6-3-4(7(16)8(11)12)1-2-5(6)9(13,14)15/h1-3,7-8,16H. The fourth-order valence-corrected chi connectivity index (χ4v) is 1.09. The second-order valence-electron chi connectivity index (χ2n) is 3.02. The lowest BCUT2D eigenvalue weighted by Crippen LogP contribution is -2.12. The first-order chi connectivity index (χ1) is 7.23. The molecule has 1 nitrogen and oxygen atoms in total. The Kier molecular flexibility index (Phi) is 3.47. The number of aliphatic hydroxyl groups is 1. The molecule has 0 aliphatic carbocycles. The Balaban J connectivity index is 3.09. The average molecular weight is 244 g/mol. The van der Waals surface area contributed by atoms with Gasteiger partial charge in [0.1, 0.15) is 11.9 Å². The summed E-state index contributed by atoms with van der Waals surface area (Å²) in [6.45, 7) is 0. The third-order valence-electron chi connectivity index (χ3n) is 1.88. The molecule has 0 aliphatic heterocycles. The summed E-state index contributed by atoms with van der Waals surface area (Å²) in [6.07, 6.45) is -10.4. The van der Waals surface area contributed by atoms with Gasteiger partial charge in [-0.15, -0.1) is 0 Å². The maximum absolute atomic E-state index is 12.9. The van der Waals surface area contributed by atoms with Crippen LogP contribution in [0.4, 0.5) is 26.3 Å². The van der Waals surface area contributed by atoms with E-state index in [1.165, 1.54) is 0 Å². The molecule has 0 amide bonds. The highest BCUT2D eigenvalue weighted by Crippen LogP contribution is 2.33. The molecule has 0 fully saturated rings. The van der Waals surface area contributed by atoms with Crippen LogP contribution in [0.15, 0.2) is 18.2 Å². The van der Waals surface area contributed by atoms with Gasteiger partial charge in [0, 0.05) is 0 Å². The third-order valence-corrected chi connectivity index (χ3v) is 1.88. The summed E-state index contributed by atoms with van der Waals surface area (Å²) in [6, 6.07) is 1.18. The van der Waals surface area contributed by atoms with E-state index in [4.69, 9.17) is 5.11 Å².